The molecule has 0 aromatic heterocycles. The van der Waals surface area contributed by atoms with Crippen LogP contribution in [-0.2, 0) is 6.54 Å². The number of ether oxygens (including phenoxy) is 1. The number of anilines is 1. The first-order valence-electron chi connectivity index (χ1n) is 6.65. The van der Waals surface area contributed by atoms with Crippen LogP contribution in [0.3, 0.4) is 0 Å². The van der Waals surface area contributed by atoms with E-state index in [9.17, 15) is 0 Å². The van der Waals surface area contributed by atoms with Crippen molar-refractivity contribution in [2.24, 2.45) is 0 Å². The number of benzene rings is 2. The summed E-state index contributed by atoms with van der Waals surface area (Å²) in [4.78, 5) is 0. The summed E-state index contributed by atoms with van der Waals surface area (Å²) in [6.45, 7) is 7.15. The van der Waals surface area contributed by atoms with Crippen molar-refractivity contribution in [1.29, 1.82) is 0 Å². The van der Waals surface area contributed by atoms with Crippen molar-refractivity contribution < 1.29 is 4.74 Å². The molecule has 0 aliphatic heterocycles. The minimum atomic E-state index is 0.792. The molecule has 2 aromatic rings. The van der Waals surface area contributed by atoms with Crippen LogP contribution in [-0.4, -0.2) is 7.11 Å². The molecular formula is C17H20BrNO. The van der Waals surface area contributed by atoms with E-state index in [1.54, 1.807) is 7.11 Å². The molecule has 1 N–H and O–H groups in total. The molecule has 0 fully saturated rings. The van der Waals surface area contributed by atoms with Gasteiger partial charge in [-0.3, -0.25) is 0 Å². The van der Waals surface area contributed by atoms with Gasteiger partial charge >= 0.3 is 0 Å². The zero-order valence-electron chi connectivity index (χ0n) is 12.4. The molecule has 0 heterocycles. The summed E-state index contributed by atoms with van der Waals surface area (Å²) in [5.74, 6) is 0.862. The van der Waals surface area contributed by atoms with Crippen LogP contribution in [0, 0.1) is 20.8 Å². The summed E-state index contributed by atoms with van der Waals surface area (Å²) in [5.41, 5.74) is 6.14. The van der Waals surface area contributed by atoms with Crippen LogP contribution in [0.25, 0.3) is 0 Å². The summed E-state index contributed by atoms with van der Waals surface area (Å²) in [6, 6.07) is 10.6. The Morgan fingerprint density at radius 2 is 1.75 bits per heavy atom. The Hall–Kier alpha value is -1.48. The molecule has 0 radical (unpaired) electrons. The van der Waals surface area contributed by atoms with Gasteiger partial charge in [0.1, 0.15) is 5.75 Å². The standard InChI is InChI=1S/C17H20BrNO/c1-11-5-6-14(7-12(11)2)10-19-17-13(3)8-15(18)9-16(17)20-4/h5-9,19H,10H2,1-4H3. The van der Waals surface area contributed by atoms with Crippen molar-refractivity contribution >= 4 is 21.6 Å². The second-order valence-corrected chi connectivity index (χ2v) is 5.99. The maximum atomic E-state index is 5.45. The first-order valence-corrected chi connectivity index (χ1v) is 7.44. The average molecular weight is 334 g/mol. The second-order valence-electron chi connectivity index (χ2n) is 5.07. The van der Waals surface area contributed by atoms with Crippen molar-refractivity contribution in [3.63, 3.8) is 0 Å². The number of hydrogen-bond donors (Lipinski definition) is 1. The highest BCUT2D eigenvalue weighted by Crippen LogP contribution is 2.32. The van der Waals surface area contributed by atoms with E-state index in [4.69, 9.17) is 4.74 Å². The molecule has 2 aromatic carbocycles. The molecule has 0 atom stereocenters. The third-order valence-electron chi connectivity index (χ3n) is 3.52. The van der Waals surface area contributed by atoms with Crippen LogP contribution >= 0.6 is 15.9 Å². The molecule has 0 unspecified atom stereocenters. The van der Waals surface area contributed by atoms with E-state index < -0.39 is 0 Å². The van der Waals surface area contributed by atoms with Crippen LogP contribution in [0.15, 0.2) is 34.8 Å². The van der Waals surface area contributed by atoms with Crippen LogP contribution in [0.4, 0.5) is 5.69 Å². The minimum Gasteiger partial charge on any atom is -0.495 e. The predicted octanol–water partition coefficient (Wildman–Crippen LogP) is 5.00. The molecule has 0 saturated heterocycles. The molecule has 3 heteroatoms. The summed E-state index contributed by atoms with van der Waals surface area (Å²) >= 11 is 3.49. The number of hydrogen-bond acceptors (Lipinski definition) is 2. The first kappa shape index (κ1) is 14.9. The van der Waals surface area contributed by atoms with Gasteiger partial charge in [0.25, 0.3) is 0 Å². The fourth-order valence-electron chi connectivity index (χ4n) is 2.20. The predicted molar refractivity (Wildman–Crippen MR) is 88.7 cm³/mol. The zero-order chi connectivity index (χ0) is 14.7. The van der Waals surface area contributed by atoms with Gasteiger partial charge in [-0.2, -0.15) is 0 Å². The highest BCUT2D eigenvalue weighted by molar-refractivity contribution is 9.10. The lowest BCUT2D eigenvalue weighted by Crippen LogP contribution is -2.03. The Balaban J connectivity index is 2.20. The maximum Gasteiger partial charge on any atom is 0.143 e. The number of aryl methyl sites for hydroxylation is 3. The molecule has 0 aliphatic rings. The fourth-order valence-corrected chi connectivity index (χ4v) is 2.76. The monoisotopic (exact) mass is 333 g/mol. The Morgan fingerprint density at radius 3 is 2.40 bits per heavy atom. The third kappa shape index (κ3) is 3.34. The minimum absolute atomic E-state index is 0.792. The number of methoxy groups -OCH3 is 1. The Labute approximate surface area is 129 Å². The SMILES string of the molecule is COc1cc(Br)cc(C)c1NCc1ccc(C)c(C)c1. The normalized spacial score (nSPS) is 10.4. The smallest absolute Gasteiger partial charge is 0.143 e. The van der Waals surface area contributed by atoms with Crippen LogP contribution in [0.1, 0.15) is 22.3 Å². The van der Waals surface area contributed by atoms with Gasteiger partial charge in [-0.1, -0.05) is 34.1 Å². The third-order valence-corrected chi connectivity index (χ3v) is 3.98. The van der Waals surface area contributed by atoms with Crippen LogP contribution in [0.5, 0.6) is 5.75 Å². The van der Waals surface area contributed by atoms with Crippen LogP contribution < -0.4 is 10.1 Å². The van der Waals surface area contributed by atoms with Gasteiger partial charge in [0.15, 0.2) is 0 Å². The molecular weight excluding hydrogens is 314 g/mol. The lowest BCUT2D eigenvalue weighted by Gasteiger charge is -2.15. The average Bonchev–Trinajstić information content (AvgIpc) is 2.40. The second kappa shape index (κ2) is 6.31. The van der Waals surface area contributed by atoms with Gasteiger partial charge in [0.05, 0.1) is 12.8 Å². The molecule has 0 bridgehead atoms. The number of rotatable bonds is 4. The van der Waals surface area contributed by atoms with E-state index in [1.807, 2.05) is 6.07 Å². The van der Waals surface area contributed by atoms with Gasteiger partial charge < -0.3 is 10.1 Å². The molecule has 106 valence electrons. The summed E-state index contributed by atoms with van der Waals surface area (Å²) in [7, 11) is 1.70. The summed E-state index contributed by atoms with van der Waals surface area (Å²) < 4.78 is 6.48. The van der Waals surface area contributed by atoms with E-state index in [-0.39, 0.29) is 0 Å². The van der Waals surface area contributed by atoms with Crippen molar-refractivity contribution in [2.75, 3.05) is 12.4 Å². The van der Waals surface area contributed by atoms with Gasteiger partial charge in [0.2, 0.25) is 0 Å². The summed E-state index contributed by atoms with van der Waals surface area (Å²) in [6.07, 6.45) is 0. The van der Waals surface area contributed by atoms with E-state index in [0.29, 0.717) is 0 Å². The zero-order valence-corrected chi connectivity index (χ0v) is 14.0. The highest BCUT2D eigenvalue weighted by Gasteiger charge is 2.08. The van der Waals surface area contributed by atoms with E-state index in [0.717, 1.165) is 22.5 Å². The fraction of sp³-hybridized carbons (Fsp3) is 0.294. The van der Waals surface area contributed by atoms with Gasteiger partial charge in [-0.15, -0.1) is 0 Å². The Kier molecular flexibility index (Phi) is 4.71. The summed E-state index contributed by atoms with van der Waals surface area (Å²) in [5, 5.41) is 3.48. The van der Waals surface area contributed by atoms with Crippen molar-refractivity contribution in [2.45, 2.75) is 27.3 Å². The van der Waals surface area contributed by atoms with E-state index in [2.05, 4.69) is 66.3 Å². The molecule has 0 amide bonds. The van der Waals surface area contributed by atoms with Crippen molar-refractivity contribution in [3.8, 4) is 5.75 Å². The lowest BCUT2D eigenvalue weighted by atomic mass is 10.1. The maximum absolute atomic E-state index is 5.45. The van der Waals surface area contributed by atoms with E-state index >= 15 is 0 Å². The lowest BCUT2D eigenvalue weighted by molar-refractivity contribution is 0.416. The molecule has 2 nitrogen and oxygen atoms in total. The first-order chi connectivity index (χ1) is 9.51. The topological polar surface area (TPSA) is 21.3 Å². The quantitative estimate of drug-likeness (QED) is 0.850. The largest absolute Gasteiger partial charge is 0.495 e. The Bertz CT molecular complexity index is 623. The van der Waals surface area contributed by atoms with E-state index in [1.165, 1.54) is 22.3 Å². The number of halogens is 1. The molecule has 0 aliphatic carbocycles. The molecule has 20 heavy (non-hydrogen) atoms. The van der Waals surface area contributed by atoms with Gasteiger partial charge in [0, 0.05) is 11.0 Å². The number of nitrogens with one attached hydrogen (secondary N) is 1. The van der Waals surface area contributed by atoms with Crippen molar-refractivity contribution in [3.05, 3.63) is 57.1 Å². The van der Waals surface area contributed by atoms with Gasteiger partial charge in [-0.25, -0.2) is 0 Å². The van der Waals surface area contributed by atoms with Crippen LogP contribution in [0.2, 0.25) is 0 Å². The molecule has 2 rings (SSSR count). The van der Waals surface area contributed by atoms with Gasteiger partial charge in [-0.05, 0) is 55.2 Å². The molecule has 0 spiro atoms. The highest BCUT2D eigenvalue weighted by atomic mass is 79.9. The molecule has 0 saturated carbocycles. The Morgan fingerprint density at radius 1 is 1.00 bits per heavy atom. The van der Waals surface area contributed by atoms with Crippen molar-refractivity contribution in [1.82, 2.24) is 0 Å².